The number of hydrogen-bond acceptors (Lipinski definition) is 2. The van der Waals surface area contributed by atoms with E-state index in [1.165, 1.54) is 0 Å². The second-order valence-electron chi connectivity index (χ2n) is 4.66. The number of amides is 1. The molecule has 1 aliphatic heterocycles. The maximum atomic E-state index is 12.0. The Morgan fingerprint density at radius 3 is 2.40 bits per heavy atom. The van der Waals surface area contributed by atoms with Gasteiger partial charge in [-0.3, -0.25) is 9.59 Å². The first kappa shape index (κ1) is 12.2. The van der Waals surface area contributed by atoms with Gasteiger partial charge in [-0.1, -0.05) is 20.8 Å². The predicted molar refractivity (Wildman–Crippen MR) is 59.5 cm³/mol. The molecule has 0 N–H and O–H groups in total. The quantitative estimate of drug-likeness (QED) is 0.716. The van der Waals surface area contributed by atoms with Gasteiger partial charge in [-0.25, -0.2) is 0 Å². The van der Waals surface area contributed by atoms with Crippen LogP contribution in [0.1, 0.15) is 47.0 Å². The molecular weight excluding hydrogens is 190 g/mol. The van der Waals surface area contributed by atoms with Crippen LogP contribution < -0.4 is 0 Å². The molecule has 0 spiro atoms. The summed E-state index contributed by atoms with van der Waals surface area (Å²) in [5.41, 5.74) is 0. The SMILES string of the molecule is CCC(=O)C1CCC(C)N1C(=O)C(C)C. The van der Waals surface area contributed by atoms with Crippen molar-refractivity contribution >= 4 is 11.7 Å². The number of hydrogen-bond donors (Lipinski definition) is 0. The first-order chi connectivity index (χ1) is 6.99. The average molecular weight is 211 g/mol. The number of rotatable bonds is 3. The van der Waals surface area contributed by atoms with Gasteiger partial charge in [-0.2, -0.15) is 0 Å². The van der Waals surface area contributed by atoms with Gasteiger partial charge < -0.3 is 4.90 Å². The Bertz CT molecular complexity index is 260. The summed E-state index contributed by atoms with van der Waals surface area (Å²) < 4.78 is 0. The van der Waals surface area contributed by atoms with E-state index in [-0.39, 0.29) is 29.7 Å². The standard InChI is InChI=1S/C12H21NO2/c1-5-11(14)10-7-6-9(4)13(10)12(15)8(2)3/h8-10H,5-7H2,1-4H3. The zero-order valence-corrected chi connectivity index (χ0v) is 10.1. The van der Waals surface area contributed by atoms with Crippen LogP contribution in [-0.2, 0) is 9.59 Å². The van der Waals surface area contributed by atoms with E-state index in [1.54, 1.807) is 4.90 Å². The molecule has 1 aliphatic rings. The monoisotopic (exact) mass is 211 g/mol. The Morgan fingerprint density at radius 1 is 1.33 bits per heavy atom. The van der Waals surface area contributed by atoms with E-state index in [4.69, 9.17) is 0 Å². The second kappa shape index (κ2) is 4.77. The molecule has 1 fully saturated rings. The van der Waals surface area contributed by atoms with Gasteiger partial charge in [0, 0.05) is 18.4 Å². The van der Waals surface area contributed by atoms with Gasteiger partial charge in [0.25, 0.3) is 0 Å². The molecule has 3 heteroatoms. The predicted octanol–water partition coefficient (Wildman–Crippen LogP) is 2.00. The molecule has 0 aromatic rings. The lowest BCUT2D eigenvalue weighted by atomic mass is 10.1. The van der Waals surface area contributed by atoms with Crippen molar-refractivity contribution in [2.75, 3.05) is 0 Å². The van der Waals surface area contributed by atoms with Crippen molar-refractivity contribution in [3.05, 3.63) is 0 Å². The fourth-order valence-corrected chi connectivity index (χ4v) is 2.21. The van der Waals surface area contributed by atoms with Crippen LogP contribution in [0.3, 0.4) is 0 Å². The van der Waals surface area contributed by atoms with Gasteiger partial charge in [0.15, 0.2) is 5.78 Å². The molecule has 0 bridgehead atoms. The Morgan fingerprint density at radius 2 is 1.93 bits per heavy atom. The average Bonchev–Trinajstić information content (AvgIpc) is 2.57. The Labute approximate surface area is 91.8 Å². The molecule has 1 rings (SSSR count). The topological polar surface area (TPSA) is 37.4 Å². The molecule has 86 valence electrons. The first-order valence-corrected chi connectivity index (χ1v) is 5.83. The van der Waals surface area contributed by atoms with Crippen LogP contribution in [-0.4, -0.2) is 28.7 Å². The Kier molecular flexibility index (Phi) is 3.89. The van der Waals surface area contributed by atoms with Crippen LogP contribution >= 0.6 is 0 Å². The van der Waals surface area contributed by atoms with E-state index in [9.17, 15) is 9.59 Å². The fourth-order valence-electron chi connectivity index (χ4n) is 2.21. The molecule has 0 aliphatic carbocycles. The number of carbonyl (C=O) groups is 2. The van der Waals surface area contributed by atoms with Gasteiger partial charge in [0.05, 0.1) is 6.04 Å². The van der Waals surface area contributed by atoms with Gasteiger partial charge in [-0.05, 0) is 19.8 Å². The van der Waals surface area contributed by atoms with Gasteiger partial charge in [-0.15, -0.1) is 0 Å². The van der Waals surface area contributed by atoms with E-state index in [0.717, 1.165) is 12.8 Å². The highest BCUT2D eigenvalue weighted by atomic mass is 16.2. The van der Waals surface area contributed by atoms with E-state index >= 15 is 0 Å². The van der Waals surface area contributed by atoms with Crippen molar-refractivity contribution in [2.24, 2.45) is 5.92 Å². The summed E-state index contributed by atoms with van der Waals surface area (Å²) in [5, 5.41) is 0. The highest BCUT2D eigenvalue weighted by Gasteiger charge is 2.38. The molecule has 1 amide bonds. The molecule has 1 heterocycles. The summed E-state index contributed by atoms with van der Waals surface area (Å²) in [7, 11) is 0. The van der Waals surface area contributed by atoms with Crippen LogP contribution in [0.2, 0.25) is 0 Å². The number of ketones is 1. The fraction of sp³-hybridized carbons (Fsp3) is 0.833. The van der Waals surface area contributed by atoms with E-state index in [2.05, 4.69) is 0 Å². The summed E-state index contributed by atoms with van der Waals surface area (Å²) in [5.74, 6) is 0.304. The van der Waals surface area contributed by atoms with Crippen molar-refractivity contribution < 1.29 is 9.59 Å². The zero-order chi connectivity index (χ0) is 11.6. The number of carbonyl (C=O) groups excluding carboxylic acids is 2. The third kappa shape index (κ3) is 2.39. The smallest absolute Gasteiger partial charge is 0.225 e. The summed E-state index contributed by atoms with van der Waals surface area (Å²) in [4.78, 5) is 25.5. The summed E-state index contributed by atoms with van der Waals surface area (Å²) in [6.07, 6.45) is 2.32. The minimum atomic E-state index is -0.153. The van der Waals surface area contributed by atoms with Crippen LogP contribution in [0.4, 0.5) is 0 Å². The van der Waals surface area contributed by atoms with E-state index < -0.39 is 0 Å². The van der Waals surface area contributed by atoms with Crippen LogP contribution in [0.5, 0.6) is 0 Å². The third-order valence-electron chi connectivity index (χ3n) is 3.14. The normalized spacial score (nSPS) is 26.1. The van der Waals surface area contributed by atoms with Crippen LogP contribution in [0.25, 0.3) is 0 Å². The molecule has 3 nitrogen and oxygen atoms in total. The minimum Gasteiger partial charge on any atom is -0.330 e. The molecule has 2 unspecified atom stereocenters. The second-order valence-corrected chi connectivity index (χ2v) is 4.66. The molecule has 0 radical (unpaired) electrons. The zero-order valence-electron chi connectivity index (χ0n) is 10.1. The summed E-state index contributed by atoms with van der Waals surface area (Å²) in [6.45, 7) is 7.67. The highest BCUT2D eigenvalue weighted by Crippen LogP contribution is 2.26. The van der Waals surface area contributed by atoms with Gasteiger partial charge >= 0.3 is 0 Å². The molecule has 15 heavy (non-hydrogen) atoms. The minimum absolute atomic E-state index is 0.0160. The summed E-state index contributed by atoms with van der Waals surface area (Å²) >= 11 is 0. The maximum absolute atomic E-state index is 12.0. The molecule has 2 atom stereocenters. The Balaban J connectivity index is 2.81. The van der Waals surface area contributed by atoms with Crippen molar-refractivity contribution in [2.45, 2.75) is 59.0 Å². The van der Waals surface area contributed by atoms with Crippen LogP contribution in [0.15, 0.2) is 0 Å². The van der Waals surface area contributed by atoms with Crippen LogP contribution in [0, 0.1) is 5.92 Å². The third-order valence-corrected chi connectivity index (χ3v) is 3.14. The summed E-state index contributed by atoms with van der Waals surface area (Å²) in [6, 6.07) is 0.0697. The number of likely N-dealkylation sites (tertiary alicyclic amines) is 1. The van der Waals surface area contributed by atoms with E-state index in [1.807, 2.05) is 27.7 Å². The number of nitrogens with zero attached hydrogens (tertiary/aromatic N) is 1. The van der Waals surface area contributed by atoms with Crippen molar-refractivity contribution in [3.8, 4) is 0 Å². The Hall–Kier alpha value is -0.860. The lowest BCUT2D eigenvalue weighted by molar-refractivity contribution is -0.141. The van der Waals surface area contributed by atoms with Gasteiger partial charge in [0.1, 0.15) is 0 Å². The lowest BCUT2D eigenvalue weighted by Gasteiger charge is -2.29. The molecule has 0 saturated carbocycles. The maximum Gasteiger partial charge on any atom is 0.225 e. The van der Waals surface area contributed by atoms with Crippen molar-refractivity contribution in [1.29, 1.82) is 0 Å². The molecule has 1 saturated heterocycles. The van der Waals surface area contributed by atoms with Crippen molar-refractivity contribution in [3.63, 3.8) is 0 Å². The molecular formula is C12H21NO2. The van der Waals surface area contributed by atoms with E-state index in [0.29, 0.717) is 6.42 Å². The van der Waals surface area contributed by atoms with Crippen molar-refractivity contribution in [1.82, 2.24) is 4.90 Å². The largest absolute Gasteiger partial charge is 0.330 e. The lowest BCUT2D eigenvalue weighted by Crippen LogP contribution is -2.45. The molecule has 0 aromatic heterocycles. The van der Waals surface area contributed by atoms with Gasteiger partial charge in [0.2, 0.25) is 5.91 Å². The number of Topliss-reactive ketones (excluding diaryl/α,β-unsaturated/α-hetero) is 1. The highest BCUT2D eigenvalue weighted by molar-refractivity contribution is 5.90. The molecule has 0 aromatic carbocycles. The first-order valence-electron chi connectivity index (χ1n) is 5.83.